The molecule has 1 heterocycles. The summed E-state index contributed by atoms with van der Waals surface area (Å²) in [6, 6.07) is -1.96. The maximum absolute atomic E-state index is 14.0. The largest absolute Gasteiger partial charge is 0.479 e. The van der Waals surface area contributed by atoms with Crippen molar-refractivity contribution in [1.29, 1.82) is 0 Å². The van der Waals surface area contributed by atoms with Crippen molar-refractivity contribution >= 4 is 23.2 Å². The van der Waals surface area contributed by atoms with Crippen LogP contribution in [0.4, 0.5) is 18.9 Å². The molecular formula is C13H8F3NO4. The van der Waals surface area contributed by atoms with Crippen molar-refractivity contribution in [2.75, 3.05) is 4.90 Å². The molecule has 0 spiro atoms. The molecule has 0 bridgehead atoms. The highest BCUT2D eigenvalue weighted by molar-refractivity contribution is 6.51. The number of Topliss-reactive ketones (excluding diaryl/α,β-unsaturated/α-hetero) is 2. The molecule has 0 amide bonds. The molecule has 8 heteroatoms. The van der Waals surface area contributed by atoms with Crippen LogP contribution in [0.3, 0.4) is 0 Å². The minimum atomic E-state index is -1.91. The maximum atomic E-state index is 14.0. The highest BCUT2D eigenvalue weighted by Crippen LogP contribution is 2.41. The van der Waals surface area contributed by atoms with Crippen molar-refractivity contribution < 1.29 is 32.7 Å². The monoisotopic (exact) mass is 299 g/mol. The number of hydrogen-bond acceptors (Lipinski definition) is 4. The van der Waals surface area contributed by atoms with E-state index in [0.29, 0.717) is 18.9 Å². The Morgan fingerprint density at radius 1 is 1.19 bits per heavy atom. The summed E-state index contributed by atoms with van der Waals surface area (Å²) < 4.78 is 40.7. The third-order valence-corrected chi connectivity index (χ3v) is 3.56. The molecule has 0 aromatic heterocycles. The van der Waals surface area contributed by atoms with Gasteiger partial charge in [-0.25, -0.2) is 18.0 Å². The number of halogens is 3. The number of carboxylic acids is 1. The number of nitrogens with zero attached hydrogens (tertiary/aromatic N) is 1. The average Bonchev–Trinajstić information content (AvgIpc) is 3.24. The Bertz CT molecular complexity index is 699. The molecule has 1 aromatic rings. The number of ketones is 2. The van der Waals surface area contributed by atoms with Crippen LogP contribution in [0, 0.1) is 17.5 Å². The van der Waals surface area contributed by atoms with Gasteiger partial charge in [0.25, 0.3) is 0 Å². The van der Waals surface area contributed by atoms with Gasteiger partial charge in [0.05, 0.1) is 11.3 Å². The summed E-state index contributed by atoms with van der Waals surface area (Å²) in [4.78, 5) is 35.8. The van der Waals surface area contributed by atoms with Crippen molar-refractivity contribution in [1.82, 2.24) is 0 Å². The Morgan fingerprint density at radius 3 is 2.33 bits per heavy atom. The van der Waals surface area contributed by atoms with Gasteiger partial charge in [-0.2, -0.15) is 0 Å². The standard InChI is InChI=1S/C13H8F3NO4/c14-6-3-5-9(8(16)7(6)15)17(4-1-2-4)10(13(20)21)12(19)11(5)18/h3-4,10H,1-2H2,(H,20,21). The number of aliphatic carboxylic acids is 1. The lowest BCUT2D eigenvalue weighted by molar-refractivity contribution is -0.141. The molecule has 21 heavy (non-hydrogen) atoms. The first-order chi connectivity index (χ1) is 9.84. The fourth-order valence-corrected chi connectivity index (χ4v) is 2.50. The van der Waals surface area contributed by atoms with Crippen LogP contribution < -0.4 is 4.90 Å². The number of carbonyl (C=O) groups is 3. The van der Waals surface area contributed by atoms with E-state index in [1.807, 2.05) is 0 Å². The van der Waals surface area contributed by atoms with Crippen molar-refractivity contribution in [3.8, 4) is 0 Å². The van der Waals surface area contributed by atoms with Gasteiger partial charge in [0.1, 0.15) is 0 Å². The number of anilines is 1. The first-order valence-corrected chi connectivity index (χ1v) is 6.11. The minimum Gasteiger partial charge on any atom is -0.479 e. The first-order valence-electron chi connectivity index (χ1n) is 6.11. The molecule has 1 aromatic carbocycles. The lowest BCUT2D eigenvalue weighted by atomic mass is 9.92. The van der Waals surface area contributed by atoms with Gasteiger partial charge < -0.3 is 10.0 Å². The second-order valence-electron chi connectivity index (χ2n) is 4.96. The second kappa shape index (κ2) is 4.31. The van der Waals surface area contributed by atoms with Crippen LogP contribution in [-0.4, -0.2) is 34.7 Å². The highest BCUT2D eigenvalue weighted by atomic mass is 19.2. The Hall–Kier alpha value is -2.38. The third-order valence-electron chi connectivity index (χ3n) is 3.56. The topological polar surface area (TPSA) is 74.7 Å². The Labute approximate surface area is 116 Å². The van der Waals surface area contributed by atoms with E-state index in [2.05, 4.69) is 0 Å². The van der Waals surface area contributed by atoms with Crippen LogP contribution in [0.1, 0.15) is 23.2 Å². The van der Waals surface area contributed by atoms with Crippen LogP contribution in [0.2, 0.25) is 0 Å². The molecule has 1 fully saturated rings. The van der Waals surface area contributed by atoms with Gasteiger partial charge in [0.2, 0.25) is 11.6 Å². The Morgan fingerprint density at radius 2 is 1.81 bits per heavy atom. The first kappa shape index (κ1) is 13.6. The molecule has 1 aliphatic heterocycles. The van der Waals surface area contributed by atoms with E-state index in [-0.39, 0.29) is 0 Å². The zero-order valence-electron chi connectivity index (χ0n) is 10.4. The SMILES string of the molecule is O=C1C(=O)C(C(=O)O)N(C2CC2)c2c1cc(F)c(F)c2F. The summed E-state index contributed by atoms with van der Waals surface area (Å²) in [5.74, 6) is -9.29. The minimum absolute atomic E-state index is 0.432. The summed E-state index contributed by atoms with van der Waals surface area (Å²) in [6.07, 6.45) is 0.951. The van der Waals surface area contributed by atoms with Gasteiger partial charge in [-0.15, -0.1) is 0 Å². The van der Waals surface area contributed by atoms with Crippen LogP contribution in [0.15, 0.2) is 6.07 Å². The second-order valence-corrected chi connectivity index (χ2v) is 4.96. The quantitative estimate of drug-likeness (QED) is 0.506. The normalized spacial score (nSPS) is 21.5. The van der Waals surface area contributed by atoms with Crippen LogP contribution in [0.25, 0.3) is 0 Å². The lowest BCUT2D eigenvalue weighted by Crippen LogP contribution is -2.55. The number of carboxylic acid groups (broad SMARTS) is 1. The predicted molar refractivity (Wildman–Crippen MR) is 62.6 cm³/mol. The predicted octanol–water partition coefficient (Wildman–Crippen LogP) is 1.29. The molecule has 5 nitrogen and oxygen atoms in total. The number of carbonyl (C=O) groups excluding carboxylic acids is 2. The summed E-state index contributed by atoms with van der Waals surface area (Å²) in [7, 11) is 0. The summed E-state index contributed by atoms with van der Waals surface area (Å²) in [5, 5.41) is 9.11. The van der Waals surface area contributed by atoms with E-state index in [4.69, 9.17) is 5.11 Å². The number of fused-ring (bicyclic) bond motifs is 1. The zero-order chi connectivity index (χ0) is 15.5. The van der Waals surface area contributed by atoms with Crippen molar-refractivity contribution in [2.24, 2.45) is 0 Å². The van der Waals surface area contributed by atoms with Crippen molar-refractivity contribution in [2.45, 2.75) is 24.9 Å². The van der Waals surface area contributed by atoms with E-state index in [1.54, 1.807) is 0 Å². The van der Waals surface area contributed by atoms with Crippen molar-refractivity contribution in [3.05, 3.63) is 29.1 Å². The van der Waals surface area contributed by atoms with E-state index in [0.717, 1.165) is 4.90 Å². The zero-order valence-corrected chi connectivity index (χ0v) is 10.4. The van der Waals surface area contributed by atoms with Crippen LogP contribution in [0.5, 0.6) is 0 Å². The number of benzene rings is 1. The molecule has 0 radical (unpaired) electrons. The van der Waals surface area contributed by atoms with E-state index in [9.17, 15) is 27.6 Å². The van der Waals surface area contributed by atoms with Crippen LogP contribution in [-0.2, 0) is 9.59 Å². The van der Waals surface area contributed by atoms with Crippen molar-refractivity contribution in [3.63, 3.8) is 0 Å². The molecule has 2 aliphatic rings. The summed E-state index contributed by atoms with van der Waals surface area (Å²) in [6.45, 7) is 0. The van der Waals surface area contributed by atoms with Gasteiger partial charge in [0.15, 0.2) is 23.5 Å². The smallest absolute Gasteiger partial charge is 0.334 e. The van der Waals surface area contributed by atoms with E-state index >= 15 is 0 Å². The molecule has 1 saturated carbocycles. The fourth-order valence-electron chi connectivity index (χ4n) is 2.50. The molecule has 1 unspecified atom stereocenters. The highest BCUT2D eigenvalue weighted by Gasteiger charge is 2.50. The van der Waals surface area contributed by atoms with Gasteiger partial charge >= 0.3 is 5.97 Å². The number of rotatable bonds is 2. The Kier molecular flexibility index (Phi) is 2.79. The lowest BCUT2D eigenvalue weighted by Gasteiger charge is -2.35. The average molecular weight is 299 g/mol. The van der Waals surface area contributed by atoms with E-state index < -0.39 is 58.3 Å². The van der Waals surface area contributed by atoms with Gasteiger partial charge in [-0.3, -0.25) is 9.59 Å². The molecule has 1 atom stereocenters. The van der Waals surface area contributed by atoms with Gasteiger partial charge in [-0.1, -0.05) is 0 Å². The molecule has 110 valence electrons. The molecule has 1 N–H and O–H groups in total. The molecule has 0 saturated heterocycles. The van der Waals surface area contributed by atoms with E-state index in [1.165, 1.54) is 0 Å². The van der Waals surface area contributed by atoms with Gasteiger partial charge in [0, 0.05) is 6.04 Å². The summed E-state index contributed by atoms with van der Waals surface area (Å²) in [5.41, 5.74) is -1.28. The van der Waals surface area contributed by atoms with Crippen LogP contribution >= 0.6 is 0 Å². The molecular weight excluding hydrogens is 291 g/mol. The third kappa shape index (κ3) is 1.82. The number of hydrogen-bond donors (Lipinski definition) is 1. The molecule has 1 aliphatic carbocycles. The Balaban J connectivity index is 2.30. The fraction of sp³-hybridized carbons (Fsp3) is 0.308. The summed E-state index contributed by atoms with van der Waals surface area (Å²) >= 11 is 0. The molecule has 3 rings (SSSR count). The van der Waals surface area contributed by atoms with Gasteiger partial charge in [-0.05, 0) is 18.9 Å². The maximum Gasteiger partial charge on any atom is 0.334 e.